The molecule has 7 heteroatoms. The fourth-order valence-electron chi connectivity index (χ4n) is 3.13. The SMILES string of the molecule is COc1cc(OC)c(C(=O)C=Cc2ccc(OC)c(OC)c2)c(OCCCCN(C)C)c1. The van der Waals surface area contributed by atoms with Crippen molar-refractivity contribution in [3.63, 3.8) is 0 Å². The van der Waals surface area contributed by atoms with Crippen molar-refractivity contribution in [1.29, 1.82) is 0 Å². The molecule has 0 radical (unpaired) electrons. The normalized spacial score (nSPS) is 11.0. The Morgan fingerprint density at radius 2 is 1.53 bits per heavy atom. The second-order valence-corrected chi connectivity index (χ2v) is 7.37. The number of methoxy groups -OCH3 is 4. The van der Waals surface area contributed by atoms with E-state index < -0.39 is 0 Å². The Morgan fingerprint density at radius 3 is 2.16 bits per heavy atom. The highest BCUT2D eigenvalue weighted by Crippen LogP contribution is 2.35. The predicted octanol–water partition coefficient (Wildman–Crippen LogP) is 4.34. The number of hydrogen-bond acceptors (Lipinski definition) is 7. The zero-order chi connectivity index (χ0) is 23.5. The summed E-state index contributed by atoms with van der Waals surface area (Å²) in [5.41, 5.74) is 1.16. The third-order valence-corrected chi connectivity index (χ3v) is 4.83. The van der Waals surface area contributed by atoms with E-state index in [4.69, 9.17) is 23.7 Å². The third-order valence-electron chi connectivity index (χ3n) is 4.83. The van der Waals surface area contributed by atoms with Crippen LogP contribution in [-0.4, -0.2) is 66.4 Å². The molecular weight excluding hydrogens is 410 g/mol. The number of benzene rings is 2. The van der Waals surface area contributed by atoms with Gasteiger partial charge in [-0.15, -0.1) is 0 Å². The lowest BCUT2D eigenvalue weighted by atomic mass is 10.1. The highest BCUT2D eigenvalue weighted by Gasteiger charge is 2.19. The van der Waals surface area contributed by atoms with Crippen LogP contribution in [0.25, 0.3) is 6.08 Å². The molecule has 174 valence electrons. The first-order valence-electron chi connectivity index (χ1n) is 10.4. The van der Waals surface area contributed by atoms with Crippen LogP contribution in [0.3, 0.4) is 0 Å². The molecule has 0 N–H and O–H groups in total. The van der Waals surface area contributed by atoms with Gasteiger partial charge in [0, 0.05) is 12.1 Å². The van der Waals surface area contributed by atoms with Gasteiger partial charge < -0.3 is 28.6 Å². The number of ether oxygens (including phenoxy) is 5. The van der Waals surface area contributed by atoms with Crippen molar-refractivity contribution in [2.45, 2.75) is 12.8 Å². The van der Waals surface area contributed by atoms with E-state index in [9.17, 15) is 4.79 Å². The maximum atomic E-state index is 13.1. The summed E-state index contributed by atoms with van der Waals surface area (Å²) in [5.74, 6) is 2.37. The molecule has 0 aliphatic carbocycles. The van der Waals surface area contributed by atoms with Crippen molar-refractivity contribution in [2.24, 2.45) is 0 Å². The van der Waals surface area contributed by atoms with Gasteiger partial charge in [-0.2, -0.15) is 0 Å². The lowest BCUT2D eigenvalue weighted by molar-refractivity contribution is 0.104. The summed E-state index contributed by atoms with van der Waals surface area (Å²) in [6, 6.07) is 8.83. The maximum Gasteiger partial charge on any atom is 0.193 e. The Bertz CT molecular complexity index is 923. The highest BCUT2D eigenvalue weighted by molar-refractivity contribution is 6.10. The Hall–Kier alpha value is -3.19. The topological polar surface area (TPSA) is 66.5 Å². The molecule has 0 fully saturated rings. The maximum absolute atomic E-state index is 13.1. The van der Waals surface area contributed by atoms with Crippen LogP contribution in [0.4, 0.5) is 0 Å². The van der Waals surface area contributed by atoms with E-state index in [1.54, 1.807) is 51.7 Å². The summed E-state index contributed by atoms with van der Waals surface area (Å²) in [6.07, 6.45) is 5.07. The monoisotopic (exact) mass is 443 g/mol. The smallest absolute Gasteiger partial charge is 0.193 e. The second kappa shape index (κ2) is 12.6. The van der Waals surface area contributed by atoms with Crippen LogP contribution in [0, 0.1) is 0 Å². The zero-order valence-corrected chi connectivity index (χ0v) is 19.8. The molecule has 2 rings (SSSR count). The van der Waals surface area contributed by atoms with Gasteiger partial charge in [0.25, 0.3) is 0 Å². The van der Waals surface area contributed by atoms with Gasteiger partial charge in [-0.3, -0.25) is 4.79 Å². The number of carbonyl (C=O) groups excluding carboxylic acids is 1. The molecule has 0 bridgehead atoms. The standard InChI is InChI=1S/C25H33NO6/c1-26(2)13-7-8-14-32-24-17-19(28-3)16-23(31-6)25(24)20(27)11-9-18-10-12-21(29-4)22(15-18)30-5/h9-12,15-17H,7-8,13-14H2,1-6H3. The van der Waals surface area contributed by atoms with Crippen molar-refractivity contribution in [1.82, 2.24) is 4.90 Å². The number of hydrogen-bond donors (Lipinski definition) is 0. The van der Waals surface area contributed by atoms with Crippen LogP contribution < -0.4 is 23.7 Å². The summed E-state index contributed by atoms with van der Waals surface area (Å²) in [5, 5.41) is 0. The van der Waals surface area contributed by atoms with Gasteiger partial charge in [-0.05, 0) is 57.3 Å². The van der Waals surface area contributed by atoms with Crippen molar-refractivity contribution < 1.29 is 28.5 Å². The van der Waals surface area contributed by atoms with Crippen molar-refractivity contribution in [3.8, 4) is 28.7 Å². The van der Waals surface area contributed by atoms with E-state index in [0.717, 1.165) is 24.9 Å². The first-order chi connectivity index (χ1) is 15.4. The summed E-state index contributed by atoms with van der Waals surface area (Å²) >= 11 is 0. The fourth-order valence-corrected chi connectivity index (χ4v) is 3.13. The van der Waals surface area contributed by atoms with Crippen LogP contribution in [-0.2, 0) is 0 Å². The molecule has 0 saturated carbocycles. The summed E-state index contributed by atoms with van der Waals surface area (Å²) in [6.45, 7) is 1.47. The van der Waals surface area contributed by atoms with Gasteiger partial charge in [-0.1, -0.05) is 12.1 Å². The number of ketones is 1. The number of unbranched alkanes of at least 4 members (excludes halogenated alkanes) is 1. The van der Waals surface area contributed by atoms with Gasteiger partial charge in [0.15, 0.2) is 17.3 Å². The fraction of sp³-hybridized carbons (Fsp3) is 0.400. The van der Waals surface area contributed by atoms with Crippen molar-refractivity contribution in [2.75, 3.05) is 55.7 Å². The molecule has 0 atom stereocenters. The molecule has 0 amide bonds. The number of nitrogens with zero attached hydrogens (tertiary/aromatic N) is 1. The average Bonchev–Trinajstić information content (AvgIpc) is 2.81. The minimum Gasteiger partial charge on any atom is -0.496 e. The molecule has 0 spiro atoms. The highest BCUT2D eigenvalue weighted by atomic mass is 16.5. The quantitative estimate of drug-likeness (QED) is 0.259. The molecule has 0 unspecified atom stereocenters. The number of rotatable bonds is 13. The first-order valence-corrected chi connectivity index (χ1v) is 10.4. The van der Waals surface area contributed by atoms with Crippen LogP contribution in [0.15, 0.2) is 36.4 Å². The zero-order valence-electron chi connectivity index (χ0n) is 19.8. The van der Waals surface area contributed by atoms with Crippen LogP contribution in [0.5, 0.6) is 28.7 Å². The van der Waals surface area contributed by atoms with Gasteiger partial charge in [-0.25, -0.2) is 0 Å². The van der Waals surface area contributed by atoms with Crippen LogP contribution in [0.1, 0.15) is 28.8 Å². The molecule has 32 heavy (non-hydrogen) atoms. The first kappa shape index (κ1) is 25.1. The minimum atomic E-state index is -0.234. The molecule has 2 aromatic rings. The molecule has 0 saturated heterocycles. The third kappa shape index (κ3) is 6.92. The molecule has 0 heterocycles. The molecule has 7 nitrogen and oxygen atoms in total. The predicted molar refractivity (Wildman–Crippen MR) is 126 cm³/mol. The van der Waals surface area contributed by atoms with Crippen molar-refractivity contribution in [3.05, 3.63) is 47.5 Å². The van der Waals surface area contributed by atoms with Crippen molar-refractivity contribution >= 4 is 11.9 Å². The van der Waals surface area contributed by atoms with Crippen LogP contribution in [0.2, 0.25) is 0 Å². The van der Waals surface area contributed by atoms with E-state index in [-0.39, 0.29) is 5.78 Å². The molecule has 2 aromatic carbocycles. The Balaban J connectivity index is 2.27. The summed E-state index contributed by atoms with van der Waals surface area (Å²) < 4.78 is 27.4. The van der Waals surface area contributed by atoms with E-state index in [2.05, 4.69) is 4.90 Å². The number of carbonyl (C=O) groups is 1. The van der Waals surface area contributed by atoms with E-state index >= 15 is 0 Å². The van der Waals surface area contributed by atoms with Gasteiger partial charge in [0.05, 0.1) is 35.0 Å². The lowest BCUT2D eigenvalue weighted by Crippen LogP contribution is -2.14. The summed E-state index contributed by atoms with van der Waals surface area (Å²) in [4.78, 5) is 15.3. The van der Waals surface area contributed by atoms with Crippen LogP contribution >= 0.6 is 0 Å². The molecule has 0 aliphatic heterocycles. The second-order valence-electron chi connectivity index (χ2n) is 7.37. The number of allylic oxidation sites excluding steroid dienone is 1. The van der Waals surface area contributed by atoms with Gasteiger partial charge >= 0.3 is 0 Å². The molecule has 0 aliphatic rings. The average molecular weight is 444 g/mol. The Kier molecular flexibility index (Phi) is 9.88. The van der Waals surface area contributed by atoms with Gasteiger partial charge in [0.1, 0.15) is 22.8 Å². The van der Waals surface area contributed by atoms with E-state index in [0.29, 0.717) is 40.9 Å². The van der Waals surface area contributed by atoms with E-state index in [1.807, 2.05) is 20.2 Å². The van der Waals surface area contributed by atoms with Gasteiger partial charge in [0.2, 0.25) is 0 Å². The Morgan fingerprint density at radius 1 is 0.844 bits per heavy atom. The minimum absolute atomic E-state index is 0.234. The molecule has 0 aromatic heterocycles. The molecular formula is C25H33NO6. The lowest BCUT2D eigenvalue weighted by Gasteiger charge is -2.15. The van der Waals surface area contributed by atoms with E-state index in [1.165, 1.54) is 13.2 Å². The Labute approximate surface area is 190 Å². The summed E-state index contributed by atoms with van der Waals surface area (Å²) in [7, 11) is 10.3. The largest absolute Gasteiger partial charge is 0.496 e.